The Bertz CT molecular complexity index is 344. The monoisotopic (exact) mass is 245 g/mol. The molecule has 0 heterocycles. The van der Waals surface area contributed by atoms with Crippen molar-refractivity contribution in [3.63, 3.8) is 0 Å². The fourth-order valence-electron chi connectivity index (χ4n) is 0.754. The maximum Gasteiger partial charge on any atom is 0.213 e. The molecule has 0 fully saturated rings. The highest BCUT2D eigenvalue weighted by molar-refractivity contribution is 7.90. The molecule has 6 nitrogen and oxygen atoms in total. The van der Waals surface area contributed by atoms with E-state index in [1.54, 1.807) is 0 Å². The van der Waals surface area contributed by atoms with Crippen molar-refractivity contribution >= 4 is 19.9 Å². The summed E-state index contributed by atoms with van der Waals surface area (Å²) in [6.07, 6.45) is 1.33. The van der Waals surface area contributed by atoms with Crippen molar-refractivity contribution in [1.82, 2.24) is 4.72 Å². The Labute approximate surface area is 84.3 Å². The second kappa shape index (κ2) is 5.64. The van der Waals surface area contributed by atoms with Crippen molar-refractivity contribution in [2.45, 2.75) is 6.42 Å². The van der Waals surface area contributed by atoms with Gasteiger partial charge in [-0.1, -0.05) is 0 Å². The van der Waals surface area contributed by atoms with Crippen LogP contribution in [0.4, 0.5) is 0 Å². The molecule has 0 saturated carbocycles. The molecule has 0 radical (unpaired) electrons. The summed E-state index contributed by atoms with van der Waals surface area (Å²) in [5.74, 6) is -0.402. The molecule has 2 N–H and O–H groups in total. The van der Waals surface area contributed by atoms with Crippen molar-refractivity contribution in [2.75, 3.05) is 30.9 Å². The first-order valence-electron chi connectivity index (χ1n) is 4.03. The van der Waals surface area contributed by atoms with Crippen LogP contribution < -0.4 is 4.72 Å². The largest absolute Gasteiger partial charge is 0.395 e. The summed E-state index contributed by atoms with van der Waals surface area (Å²) in [4.78, 5) is 0. The maximum atomic E-state index is 10.9. The zero-order valence-corrected chi connectivity index (χ0v) is 9.57. The highest BCUT2D eigenvalue weighted by Gasteiger charge is 2.08. The van der Waals surface area contributed by atoms with Crippen LogP contribution in [-0.4, -0.2) is 52.9 Å². The molecule has 0 saturated heterocycles. The fraction of sp³-hybridized carbons (Fsp3) is 1.00. The highest BCUT2D eigenvalue weighted by Crippen LogP contribution is 1.89. The van der Waals surface area contributed by atoms with Gasteiger partial charge in [-0.25, -0.2) is 21.6 Å². The van der Waals surface area contributed by atoms with Crippen molar-refractivity contribution in [3.8, 4) is 0 Å². The molecule has 14 heavy (non-hydrogen) atoms. The van der Waals surface area contributed by atoms with Gasteiger partial charge in [0.05, 0.1) is 18.1 Å². The van der Waals surface area contributed by atoms with Gasteiger partial charge in [-0.05, 0) is 6.42 Å². The Hall–Kier alpha value is -0.180. The third-order valence-electron chi connectivity index (χ3n) is 1.37. The predicted octanol–water partition coefficient (Wildman–Crippen LogP) is -1.67. The first-order valence-corrected chi connectivity index (χ1v) is 7.74. The van der Waals surface area contributed by atoms with Gasteiger partial charge >= 0.3 is 0 Å². The molecule has 0 aliphatic carbocycles. The molecule has 0 bridgehead atoms. The Morgan fingerprint density at radius 2 is 1.71 bits per heavy atom. The smallest absolute Gasteiger partial charge is 0.213 e. The van der Waals surface area contributed by atoms with E-state index in [9.17, 15) is 16.8 Å². The zero-order chi connectivity index (χ0) is 11.2. The minimum absolute atomic E-state index is 0.0470. The van der Waals surface area contributed by atoms with Crippen LogP contribution in [0.15, 0.2) is 0 Å². The lowest BCUT2D eigenvalue weighted by atomic mass is 10.5. The number of rotatable bonds is 7. The zero-order valence-electron chi connectivity index (χ0n) is 7.93. The molecular formula is C6H15NO5S2. The average molecular weight is 245 g/mol. The van der Waals surface area contributed by atoms with Gasteiger partial charge in [0.1, 0.15) is 9.84 Å². The van der Waals surface area contributed by atoms with Crippen molar-refractivity contribution in [1.29, 1.82) is 0 Å². The molecule has 0 spiro atoms. The first kappa shape index (κ1) is 13.8. The van der Waals surface area contributed by atoms with Crippen LogP contribution in [0.2, 0.25) is 0 Å². The topological polar surface area (TPSA) is 101 Å². The molecule has 0 aliphatic rings. The van der Waals surface area contributed by atoms with Crippen LogP contribution >= 0.6 is 0 Å². The van der Waals surface area contributed by atoms with E-state index >= 15 is 0 Å². The standard InChI is InChI=1S/C6H15NO5S2/c1-13(9,10)5-2-3-7-14(11,12)6-4-8/h7-8H,2-6H2,1H3. The van der Waals surface area contributed by atoms with Crippen LogP contribution in [0.5, 0.6) is 0 Å². The van der Waals surface area contributed by atoms with Gasteiger partial charge in [-0.3, -0.25) is 0 Å². The van der Waals surface area contributed by atoms with E-state index in [1.165, 1.54) is 0 Å². The Morgan fingerprint density at radius 1 is 1.14 bits per heavy atom. The van der Waals surface area contributed by atoms with E-state index < -0.39 is 26.5 Å². The molecule has 0 aliphatic heterocycles. The molecule has 0 amide bonds. The van der Waals surface area contributed by atoms with Crippen LogP contribution in [0.3, 0.4) is 0 Å². The van der Waals surface area contributed by atoms with Gasteiger partial charge in [-0.15, -0.1) is 0 Å². The molecular weight excluding hydrogens is 230 g/mol. The molecule has 8 heteroatoms. The summed E-state index contributed by atoms with van der Waals surface area (Å²) < 4.78 is 45.4. The number of hydrogen-bond acceptors (Lipinski definition) is 5. The first-order chi connectivity index (χ1) is 6.27. The predicted molar refractivity (Wildman–Crippen MR) is 53.2 cm³/mol. The number of sulfone groups is 1. The molecule has 0 aromatic carbocycles. The number of aliphatic hydroxyl groups is 1. The van der Waals surface area contributed by atoms with Gasteiger partial charge in [0.25, 0.3) is 0 Å². The van der Waals surface area contributed by atoms with Crippen molar-refractivity contribution in [3.05, 3.63) is 0 Å². The summed E-state index contributed by atoms with van der Waals surface area (Å²) in [5.41, 5.74) is 0. The van der Waals surface area contributed by atoms with Crippen LogP contribution in [-0.2, 0) is 19.9 Å². The third-order valence-corrected chi connectivity index (χ3v) is 3.77. The van der Waals surface area contributed by atoms with Crippen molar-refractivity contribution < 1.29 is 21.9 Å². The minimum atomic E-state index is -3.44. The lowest BCUT2D eigenvalue weighted by Gasteiger charge is -2.03. The lowest BCUT2D eigenvalue weighted by Crippen LogP contribution is -2.29. The molecule has 0 atom stereocenters. The lowest BCUT2D eigenvalue weighted by molar-refractivity contribution is 0.319. The number of aliphatic hydroxyl groups excluding tert-OH is 1. The van der Waals surface area contributed by atoms with Crippen LogP contribution in [0.25, 0.3) is 0 Å². The molecule has 0 rings (SSSR count). The summed E-state index contributed by atoms with van der Waals surface area (Å²) in [6.45, 7) is -0.364. The second-order valence-corrected chi connectivity index (χ2v) is 7.11. The molecule has 0 unspecified atom stereocenters. The number of hydrogen-bond donors (Lipinski definition) is 2. The Kier molecular flexibility index (Phi) is 5.57. The van der Waals surface area contributed by atoms with Gasteiger partial charge in [0, 0.05) is 12.8 Å². The SMILES string of the molecule is CS(=O)(=O)CCCNS(=O)(=O)CCO. The summed E-state index contributed by atoms with van der Waals surface area (Å²) in [7, 11) is -6.48. The van der Waals surface area contributed by atoms with E-state index in [1.807, 2.05) is 0 Å². The molecule has 0 aromatic heterocycles. The van der Waals surface area contributed by atoms with E-state index in [4.69, 9.17) is 5.11 Å². The van der Waals surface area contributed by atoms with E-state index in [0.717, 1.165) is 6.26 Å². The van der Waals surface area contributed by atoms with Gasteiger partial charge < -0.3 is 5.11 Å². The summed E-state index contributed by atoms with van der Waals surface area (Å²) >= 11 is 0. The van der Waals surface area contributed by atoms with Crippen LogP contribution in [0, 0.1) is 0 Å². The van der Waals surface area contributed by atoms with Gasteiger partial charge in [-0.2, -0.15) is 0 Å². The van der Waals surface area contributed by atoms with E-state index in [0.29, 0.717) is 0 Å². The van der Waals surface area contributed by atoms with Crippen LogP contribution in [0.1, 0.15) is 6.42 Å². The highest BCUT2D eigenvalue weighted by atomic mass is 32.2. The normalized spacial score (nSPS) is 13.0. The molecule has 86 valence electrons. The van der Waals surface area contributed by atoms with Crippen molar-refractivity contribution in [2.24, 2.45) is 0 Å². The summed E-state index contributed by atoms with van der Waals surface area (Å²) in [6, 6.07) is 0. The summed E-state index contributed by atoms with van der Waals surface area (Å²) in [5, 5.41) is 8.37. The number of sulfonamides is 1. The van der Waals surface area contributed by atoms with E-state index in [2.05, 4.69) is 4.72 Å². The van der Waals surface area contributed by atoms with Gasteiger partial charge in [0.2, 0.25) is 10.0 Å². The molecule has 0 aromatic rings. The van der Waals surface area contributed by atoms with E-state index in [-0.39, 0.29) is 24.5 Å². The van der Waals surface area contributed by atoms with Gasteiger partial charge in [0.15, 0.2) is 0 Å². The Balaban J connectivity index is 3.76. The third kappa shape index (κ3) is 8.42. The minimum Gasteiger partial charge on any atom is -0.395 e. The Morgan fingerprint density at radius 3 is 2.14 bits per heavy atom. The second-order valence-electron chi connectivity index (χ2n) is 2.92. The fourth-order valence-corrected chi connectivity index (χ4v) is 2.26. The maximum absolute atomic E-state index is 10.9. The number of nitrogens with one attached hydrogen (secondary N) is 1. The average Bonchev–Trinajstić information content (AvgIpc) is 1.96. The quantitative estimate of drug-likeness (QED) is 0.522.